The number of carbonyl (C=O) groups is 1. The van der Waals surface area contributed by atoms with Gasteiger partial charge in [-0.2, -0.15) is 0 Å². The van der Waals surface area contributed by atoms with Crippen LogP contribution in [0.25, 0.3) is 0 Å². The van der Waals surface area contributed by atoms with Crippen LogP contribution in [0.4, 0.5) is 4.39 Å². The van der Waals surface area contributed by atoms with Gasteiger partial charge in [0.2, 0.25) is 0 Å². The lowest BCUT2D eigenvalue weighted by molar-refractivity contribution is -0.188. The molecule has 0 bridgehead atoms. The van der Waals surface area contributed by atoms with Gasteiger partial charge in [0.15, 0.2) is 0 Å². The van der Waals surface area contributed by atoms with Gasteiger partial charge in [-0.25, -0.2) is 4.39 Å². The van der Waals surface area contributed by atoms with Crippen molar-refractivity contribution in [3.05, 3.63) is 101 Å². The Morgan fingerprint density at radius 3 is 2.43 bits per heavy atom. The smallest absolute Gasteiger partial charge is 0.309 e. The second-order valence-corrected chi connectivity index (χ2v) is 10.3. The van der Waals surface area contributed by atoms with Crippen LogP contribution in [0.1, 0.15) is 55.0 Å². The molecule has 35 heavy (non-hydrogen) atoms. The number of aryl methyl sites for hydroxylation is 1. The van der Waals surface area contributed by atoms with E-state index >= 15 is 0 Å². The Morgan fingerprint density at radius 2 is 1.71 bits per heavy atom. The minimum absolute atomic E-state index is 0.0786. The molecule has 0 aromatic heterocycles. The first-order chi connectivity index (χ1) is 16.8. The van der Waals surface area contributed by atoms with E-state index in [0.717, 1.165) is 23.3 Å². The van der Waals surface area contributed by atoms with Crippen LogP contribution in [-0.4, -0.2) is 22.8 Å². The van der Waals surface area contributed by atoms with Gasteiger partial charge in [0.1, 0.15) is 17.2 Å². The molecule has 3 aromatic carbocycles. The average Bonchev–Trinajstić information content (AvgIpc) is 2.84. The average molecular weight is 475 g/mol. The van der Waals surface area contributed by atoms with Crippen molar-refractivity contribution in [3.63, 3.8) is 0 Å². The number of benzene rings is 3. The predicted octanol–water partition coefficient (Wildman–Crippen LogP) is 6.37. The summed E-state index contributed by atoms with van der Waals surface area (Å²) in [5.41, 5.74) is 3.82. The Balaban J connectivity index is 1.43. The van der Waals surface area contributed by atoms with Gasteiger partial charge in [-0.05, 0) is 80.5 Å². The summed E-state index contributed by atoms with van der Waals surface area (Å²) in [4.78, 5) is 12.2. The molecule has 2 heterocycles. The van der Waals surface area contributed by atoms with E-state index in [0.29, 0.717) is 19.3 Å². The van der Waals surface area contributed by atoms with Gasteiger partial charge in [-0.1, -0.05) is 48.5 Å². The monoisotopic (exact) mass is 474 g/mol. The molecule has 4 nitrogen and oxygen atoms in total. The van der Waals surface area contributed by atoms with Crippen molar-refractivity contribution in [2.75, 3.05) is 0 Å². The van der Waals surface area contributed by atoms with Gasteiger partial charge in [-0.15, -0.1) is 0 Å². The molecule has 5 rings (SSSR count). The number of ether oxygens (including phenoxy) is 2. The number of hydrogen-bond donors (Lipinski definition) is 1. The molecule has 1 saturated heterocycles. The SMILES string of the molecule is CC1(C)Oc2ccc(Cc3ccccc3)cc2[C@H]2O[C@@H](CCc3ccc(F)cc3)[C@H](C(=O)O)C[C@@H]21. The molecular weight excluding hydrogens is 443 g/mol. The van der Waals surface area contributed by atoms with Crippen LogP contribution < -0.4 is 4.74 Å². The van der Waals surface area contributed by atoms with Crippen molar-refractivity contribution >= 4 is 5.97 Å². The molecule has 0 amide bonds. The van der Waals surface area contributed by atoms with Crippen molar-refractivity contribution in [1.82, 2.24) is 0 Å². The number of carboxylic acid groups (broad SMARTS) is 1. The summed E-state index contributed by atoms with van der Waals surface area (Å²) >= 11 is 0. The maximum Gasteiger partial charge on any atom is 0.309 e. The summed E-state index contributed by atoms with van der Waals surface area (Å²) < 4.78 is 26.3. The quantitative estimate of drug-likeness (QED) is 0.451. The molecule has 1 fully saturated rings. The van der Waals surface area contributed by atoms with E-state index < -0.39 is 23.6 Å². The summed E-state index contributed by atoms with van der Waals surface area (Å²) in [6.07, 6.45) is 1.82. The first-order valence-electron chi connectivity index (χ1n) is 12.3. The largest absolute Gasteiger partial charge is 0.487 e. The first kappa shape index (κ1) is 23.6. The molecule has 0 aliphatic carbocycles. The highest BCUT2D eigenvalue weighted by molar-refractivity contribution is 5.71. The highest BCUT2D eigenvalue weighted by atomic mass is 19.1. The standard InChI is InChI=1S/C30H31FO4/c1-30(2)25-18-24(29(32)33)26(14-10-19-8-12-22(31)13-9-19)34-28(25)23-17-21(11-15-27(23)35-30)16-20-6-4-3-5-7-20/h3-9,11-13,15,17,24-26,28H,10,14,16,18H2,1-2H3,(H,32,33)/t24-,25+,26+,28-/m1/s1. The minimum Gasteiger partial charge on any atom is -0.487 e. The fourth-order valence-electron chi connectivity index (χ4n) is 5.57. The van der Waals surface area contributed by atoms with E-state index in [2.05, 4.69) is 24.3 Å². The summed E-state index contributed by atoms with van der Waals surface area (Å²) in [7, 11) is 0. The van der Waals surface area contributed by atoms with Crippen molar-refractivity contribution in [2.45, 2.75) is 57.3 Å². The maximum atomic E-state index is 13.3. The number of carboxylic acids is 1. The summed E-state index contributed by atoms with van der Waals surface area (Å²) in [6.45, 7) is 4.04. The van der Waals surface area contributed by atoms with Crippen LogP contribution >= 0.6 is 0 Å². The third-order valence-corrected chi connectivity index (χ3v) is 7.49. The Morgan fingerprint density at radius 1 is 1.00 bits per heavy atom. The normalized spacial score (nSPS) is 24.7. The highest BCUT2D eigenvalue weighted by Crippen LogP contribution is 2.52. The fourth-order valence-corrected chi connectivity index (χ4v) is 5.57. The molecule has 0 spiro atoms. The van der Waals surface area contributed by atoms with E-state index in [1.807, 2.05) is 38.1 Å². The molecule has 1 N–H and O–H groups in total. The van der Waals surface area contributed by atoms with Crippen molar-refractivity contribution in [3.8, 4) is 5.75 Å². The van der Waals surface area contributed by atoms with Crippen LogP contribution in [0.2, 0.25) is 0 Å². The topological polar surface area (TPSA) is 55.8 Å². The molecule has 182 valence electrons. The van der Waals surface area contributed by atoms with E-state index in [1.165, 1.54) is 23.3 Å². The second kappa shape index (κ2) is 9.46. The molecule has 2 aliphatic rings. The van der Waals surface area contributed by atoms with Gasteiger partial charge in [0, 0.05) is 11.5 Å². The van der Waals surface area contributed by atoms with E-state index in [4.69, 9.17) is 9.47 Å². The molecule has 0 radical (unpaired) electrons. The zero-order chi connectivity index (χ0) is 24.6. The Bertz CT molecular complexity index is 1190. The molecule has 0 unspecified atom stereocenters. The van der Waals surface area contributed by atoms with Crippen LogP contribution in [0, 0.1) is 17.7 Å². The van der Waals surface area contributed by atoms with Crippen LogP contribution in [0.5, 0.6) is 5.75 Å². The Hall–Kier alpha value is -3.18. The molecule has 2 aliphatic heterocycles. The molecule has 4 atom stereocenters. The minimum atomic E-state index is -0.841. The highest BCUT2D eigenvalue weighted by Gasteiger charge is 2.51. The lowest BCUT2D eigenvalue weighted by Gasteiger charge is -2.50. The summed E-state index contributed by atoms with van der Waals surface area (Å²) in [6, 6.07) is 23.0. The van der Waals surface area contributed by atoms with Crippen molar-refractivity contribution < 1.29 is 23.8 Å². The number of rotatable bonds is 6. The lowest BCUT2D eigenvalue weighted by Crippen LogP contribution is -2.52. The van der Waals surface area contributed by atoms with Gasteiger partial charge in [0.05, 0.1) is 18.1 Å². The fraction of sp³-hybridized carbons (Fsp3) is 0.367. The second-order valence-electron chi connectivity index (χ2n) is 10.3. The summed E-state index contributed by atoms with van der Waals surface area (Å²) in [5, 5.41) is 10.0. The maximum absolute atomic E-state index is 13.3. The van der Waals surface area contributed by atoms with E-state index in [-0.39, 0.29) is 17.8 Å². The number of aliphatic carboxylic acids is 1. The van der Waals surface area contributed by atoms with Gasteiger partial charge < -0.3 is 14.6 Å². The molecule has 5 heteroatoms. The van der Waals surface area contributed by atoms with Gasteiger partial charge in [0.25, 0.3) is 0 Å². The number of fused-ring (bicyclic) bond motifs is 3. The van der Waals surface area contributed by atoms with Crippen LogP contribution in [0.15, 0.2) is 72.8 Å². The van der Waals surface area contributed by atoms with E-state index in [9.17, 15) is 14.3 Å². The van der Waals surface area contributed by atoms with Gasteiger partial charge >= 0.3 is 5.97 Å². The third kappa shape index (κ3) is 4.96. The Labute approximate surface area is 205 Å². The molecular formula is C30H31FO4. The van der Waals surface area contributed by atoms with Gasteiger partial charge in [-0.3, -0.25) is 4.79 Å². The number of halogens is 1. The predicted molar refractivity (Wildman–Crippen MR) is 132 cm³/mol. The molecule has 3 aromatic rings. The van der Waals surface area contributed by atoms with Crippen molar-refractivity contribution in [1.29, 1.82) is 0 Å². The Kier molecular flexibility index (Phi) is 6.37. The zero-order valence-corrected chi connectivity index (χ0v) is 20.1. The summed E-state index contributed by atoms with van der Waals surface area (Å²) in [5.74, 6) is -1.01. The number of hydrogen-bond acceptors (Lipinski definition) is 3. The lowest BCUT2D eigenvalue weighted by atomic mass is 9.71. The zero-order valence-electron chi connectivity index (χ0n) is 20.1. The molecule has 0 saturated carbocycles. The van der Waals surface area contributed by atoms with E-state index in [1.54, 1.807) is 12.1 Å². The van der Waals surface area contributed by atoms with Crippen molar-refractivity contribution in [2.24, 2.45) is 11.8 Å². The first-order valence-corrected chi connectivity index (χ1v) is 12.3. The van der Waals surface area contributed by atoms with Crippen LogP contribution in [0.3, 0.4) is 0 Å². The third-order valence-electron chi connectivity index (χ3n) is 7.49. The van der Waals surface area contributed by atoms with Crippen LogP contribution in [-0.2, 0) is 22.4 Å².